The Kier molecular flexibility index (Phi) is 3.17. The fourth-order valence-corrected chi connectivity index (χ4v) is 5.33. The van der Waals surface area contributed by atoms with Gasteiger partial charge in [0.25, 0.3) is 0 Å². The molecule has 1 N–H and O–H groups in total. The number of nitrogens with one attached hydrogen (secondary N) is 1. The maximum absolute atomic E-state index is 11.7. The molecule has 3 unspecified atom stereocenters. The summed E-state index contributed by atoms with van der Waals surface area (Å²) in [5.41, 5.74) is 0. The summed E-state index contributed by atoms with van der Waals surface area (Å²) in [6, 6.07) is 1.58. The molecule has 0 radical (unpaired) electrons. The number of rotatable bonds is 1. The number of sulfone groups is 1. The Hall–Kier alpha value is -0.130. The van der Waals surface area contributed by atoms with Crippen molar-refractivity contribution in [1.29, 1.82) is 0 Å². The van der Waals surface area contributed by atoms with Gasteiger partial charge in [-0.05, 0) is 32.1 Å². The van der Waals surface area contributed by atoms with Gasteiger partial charge >= 0.3 is 0 Å². The predicted molar refractivity (Wildman–Crippen MR) is 67.8 cm³/mol. The van der Waals surface area contributed by atoms with Crippen LogP contribution in [0.2, 0.25) is 0 Å². The van der Waals surface area contributed by atoms with E-state index >= 15 is 0 Å². The van der Waals surface area contributed by atoms with Crippen molar-refractivity contribution < 1.29 is 8.42 Å². The monoisotopic (exact) mass is 258 g/mol. The van der Waals surface area contributed by atoms with E-state index in [9.17, 15) is 8.42 Å². The third-order valence-corrected chi connectivity index (χ3v) is 6.31. The standard InChI is InChI=1S/C12H22N2O2S/c15-17(16)7-1-2-12(9-17)14-6-5-10-3-4-11(8-14)13-10/h10-13H,1-9H2. The van der Waals surface area contributed by atoms with Gasteiger partial charge in [-0.25, -0.2) is 8.42 Å². The maximum Gasteiger partial charge on any atom is 0.151 e. The minimum Gasteiger partial charge on any atom is -0.310 e. The van der Waals surface area contributed by atoms with E-state index in [-0.39, 0.29) is 6.04 Å². The van der Waals surface area contributed by atoms with E-state index in [0.29, 0.717) is 23.6 Å². The fourth-order valence-electron chi connectivity index (χ4n) is 3.59. The van der Waals surface area contributed by atoms with Crippen molar-refractivity contribution in [3.8, 4) is 0 Å². The van der Waals surface area contributed by atoms with Crippen LogP contribution in [-0.2, 0) is 9.84 Å². The second-order valence-electron chi connectivity index (χ2n) is 5.83. The summed E-state index contributed by atoms with van der Waals surface area (Å²) in [7, 11) is -2.77. The molecule has 3 aliphatic rings. The van der Waals surface area contributed by atoms with E-state index in [1.165, 1.54) is 19.3 Å². The van der Waals surface area contributed by atoms with Crippen LogP contribution >= 0.6 is 0 Å². The van der Waals surface area contributed by atoms with Gasteiger partial charge in [-0.2, -0.15) is 0 Å². The van der Waals surface area contributed by atoms with Crippen LogP contribution in [0.15, 0.2) is 0 Å². The zero-order valence-corrected chi connectivity index (χ0v) is 11.1. The minimum absolute atomic E-state index is 0.287. The molecule has 3 saturated heterocycles. The minimum atomic E-state index is -2.77. The van der Waals surface area contributed by atoms with Crippen LogP contribution < -0.4 is 5.32 Å². The van der Waals surface area contributed by atoms with Crippen molar-refractivity contribution >= 4 is 9.84 Å². The van der Waals surface area contributed by atoms with Gasteiger partial charge in [0.15, 0.2) is 9.84 Å². The average molecular weight is 258 g/mol. The van der Waals surface area contributed by atoms with Crippen LogP contribution in [0.1, 0.15) is 32.1 Å². The van der Waals surface area contributed by atoms with Crippen LogP contribution in [0.4, 0.5) is 0 Å². The maximum atomic E-state index is 11.7. The molecule has 0 aromatic carbocycles. The van der Waals surface area contributed by atoms with Crippen LogP contribution in [-0.4, -0.2) is 56.0 Å². The molecule has 3 heterocycles. The highest BCUT2D eigenvalue weighted by Crippen LogP contribution is 2.25. The van der Waals surface area contributed by atoms with Crippen molar-refractivity contribution in [1.82, 2.24) is 10.2 Å². The van der Waals surface area contributed by atoms with Crippen LogP contribution in [0.3, 0.4) is 0 Å². The first-order chi connectivity index (χ1) is 8.12. The Bertz CT molecular complexity index is 382. The van der Waals surface area contributed by atoms with E-state index in [2.05, 4.69) is 10.2 Å². The summed E-state index contributed by atoms with van der Waals surface area (Å²) in [6.07, 6.45) is 5.68. The quantitative estimate of drug-likeness (QED) is 0.739. The molecule has 3 rings (SSSR count). The number of fused-ring (bicyclic) bond motifs is 2. The molecular weight excluding hydrogens is 236 g/mol. The van der Waals surface area contributed by atoms with Gasteiger partial charge in [0.1, 0.15) is 0 Å². The molecule has 17 heavy (non-hydrogen) atoms. The Balaban J connectivity index is 1.67. The summed E-state index contributed by atoms with van der Waals surface area (Å²) >= 11 is 0. The number of nitrogens with zero attached hydrogens (tertiary/aromatic N) is 1. The van der Waals surface area contributed by atoms with Gasteiger partial charge in [0, 0.05) is 31.2 Å². The highest BCUT2D eigenvalue weighted by atomic mass is 32.2. The highest BCUT2D eigenvalue weighted by Gasteiger charge is 2.35. The van der Waals surface area contributed by atoms with Crippen LogP contribution in [0, 0.1) is 0 Å². The molecule has 4 nitrogen and oxygen atoms in total. The second kappa shape index (κ2) is 4.52. The van der Waals surface area contributed by atoms with Crippen molar-refractivity contribution in [2.75, 3.05) is 24.6 Å². The Labute approximate surface area is 104 Å². The zero-order valence-electron chi connectivity index (χ0n) is 10.3. The van der Waals surface area contributed by atoms with E-state index in [0.717, 1.165) is 25.9 Å². The number of hydrogen-bond donors (Lipinski definition) is 1. The molecule has 0 saturated carbocycles. The summed E-state index contributed by atoms with van der Waals surface area (Å²) < 4.78 is 23.4. The first-order valence-corrected chi connectivity index (χ1v) is 8.65. The first kappa shape index (κ1) is 11.9. The molecule has 3 atom stereocenters. The summed E-state index contributed by atoms with van der Waals surface area (Å²) in [6.45, 7) is 2.13. The van der Waals surface area contributed by atoms with E-state index < -0.39 is 9.84 Å². The van der Waals surface area contributed by atoms with Crippen molar-refractivity contribution in [3.63, 3.8) is 0 Å². The lowest BCUT2D eigenvalue weighted by molar-refractivity contribution is 0.187. The third kappa shape index (κ3) is 2.66. The Morgan fingerprint density at radius 2 is 1.88 bits per heavy atom. The lowest BCUT2D eigenvalue weighted by Crippen LogP contribution is -2.47. The van der Waals surface area contributed by atoms with Gasteiger partial charge in [-0.3, -0.25) is 4.90 Å². The van der Waals surface area contributed by atoms with Gasteiger partial charge in [-0.1, -0.05) is 0 Å². The summed E-state index contributed by atoms with van der Waals surface area (Å²) in [5, 5.41) is 3.65. The molecule has 0 aliphatic carbocycles. The van der Waals surface area contributed by atoms with Gasteiger partial charge in [-0.15, -0.1) is 0 Å². The predicted octanol–water partition coefficient (Wildman–Crippen LogP) is 0.390. The molecule has 5 heteroatoms. The lowest BCUT2D eigenvalue weighted by atomic mass is 10.1. The van der Waals surface area contributed by atoms with Crippen LogP contribution in [0.25, 0.3) is 0 Å². The molecule has 2 bridgehead atoms. The zero-order chi connectivity index (χ0) is 11.9. The second-order valence-corrected chi connectivity index (χ2v) is 8.06. The lowest BCUT2D eigenvalue weighted by Gasteiger charge is -2.34. The van der Waals surface area contributed by atoms with Gasteiger partial charge in [0.05, 0.1) is 11.5 Å². The smallest absolute Gasteiger partial charge is 0.151 e. The first-order valence-electron chi connectivity index (χ1n) is 6.83. The molecule has 0 aromatic heterocycles. The average Bonchev–Trinajstić information content (AvgIpc) is 2.56. The third-order valence-electron chi connectivity index (χ3n) is 4.51. The SMILES string of the molecule is O=S1(=O)CCCC(N2CCC3CCC(C2)N3)C1. The van der Waals surface area contributed by atoms with E-state index in [1.807, 2.05) is 0 Å². The molecular formula is C12H22N2O2S. The topological polar surface area (TPSA) is 49.4 Å². The van der Waals surface area contributed by atoms with Crippen molar-refractivity contribution in [2.45, 2.75) is 50.2 Å². The van der Waals surface area contributed by atoms with Crippen LogP contribution in [0.5, 0.6) is 0 Å². The number of likely N-dealkylation sites (tertiary alicyclic amines) is 1. The van der Waals surface area contributed by atoms with E-state index in [4.69, 9.17) is 0 Å². The molecule has 3 fully saturated rings. The normalized spacial score (nSPS) is 42.2. The molecule has 98 valence electrons. The summed E-state index contributed by atoms with van der Waals surface area (Å²) in [5.74, 6) is 0.798. The largest absolute Gasteiger partial charge is 0.310 e. The van der Waals surface area contributed by atoms with Crippen molar-refractivity contribution in [3.05, 3.63) is 0 Å². The summed E-state index contributed by atoms with van der Waals surface area (Å²) in [4.78, 5) is 2.44. The van der Waals surface area contributed by atoms with Crippen molar-refractivity contribution in [2.24, 2.45) is 0 Å². The number of hydrogen-bond acceptors (Lipinski definition) is 4. The van der Waals surface area contributed by atoms with Gasteiger partial charge < -0.3 is 5.32 Å². The molecule has 0 aromatic rings. The molecule has 0 amide bonds. The van der Waals surface area contributed by atoms with Gasteiger partial charge in [0.2, 0.25) is 0 Å². The fraction of sp³-hybridized carbons (Fsp3) is 1.00. The highest BCUT2D eigenvalue weighted by molar-refractivity contribution is 7.91. The Morgan fingerprint density at radius 1 is 1.06 bits per heavy atom. The van der Waals surface area contributed by atoms with E-state index in [1.54, 1.807) is 0 Å². The molecule has 0 spiro atoms. The molecule has 3 aliphatic heterocycles. The Morgan fingerprint density at radius 3 is 2.71 bits per heavy atom.